The summed E-state index contributed by atoms with van der Waals surface area (Å²) >= 11 is 1.54. The average molecular weight is 375 g/mol. The van der Waals surface area contributed by atoms with E-state index in [0.29, 0.717) is 23.6 Å². The Morgan fingerprint density at radius 2 is 1.88 bits per heavy atom. The average Bonchev–Trinajstić information content (AvgIpc) is 2.59. The summed E-state index contributed by atoms with van der Waals surface area (Å²) in [7, 11) is 0. The molecule has 0 aromatic heterocycles. The van der Waals surface area contributed by atoms with Crippen molar-refractivity contribution in [1.82, 2.24) is 0 Å². The second-order valence-corrected chi connectivity index (χ2v) is 7.23. The van der Waals surface area contributed by atoms with Crippen molar-refractivity contribution in [2.24, 2.45) is 5.92 Å². The van der Waals surface area contributed by atoms with Crippen LogP contribution in [0.3, 0.4) is 0 Å². The number of benzene rings is 2. The zero-order valence-electron chi connectivity index (χ0n) is 14.6. The third-order valence-electron chi connectivity index (χ3n) is 3.80. The Morgan fingerprint density at radius 1 is 1.15 bits per heavy atom. The van der Waals surface area contributed by atoms with E-state index < -0.39 is 5.97 Å². The first-order valence-corrected chi connectivity index (χ1v) is 9.53. The molecule has 6 heteroatoms. The number of hydrogen-bond donors (Lipinski definition) is 2. The number of aliphatic carboxylic acids is 1. The maximum Gasteiger partial charge on any atom is 0.304 e. The molecule has 26 heavy (non-hydrogen) atoms. The molecule has 0 saturated carbocycles. The Kier molecular flexibility index (Phi) is 7.66. The van der Waals surface area contributed by atoms with E-state index in [2.05, 4.69) is 5.32 Å². The summed E-state index contributed by atoms with van der Waals surface area (Å²) in [5.74, 6) is -0.267. The van der Waals surface area contributed by atoms with Crippen LogP contribution in [0.2, 0.25) is 0 Å². The first-order chi connectivity index (χ1) is 12.4. The van der Waals surface area contributed by atoms with Crippen LogP contribution < -0.4 is 5.32 Å². The van der Waals surface area contributed by atoms with Gasteiger partial charge in [0, 0.05) is 23.1 Å². The molecule has 2 aromatic carbocycles. The van der Waals surface area contributed by atoms with Crippen molar-refractivity contribution in [2.45, 2.75) is 25.5 Å². The highest BCUT2D eigenvalue weighted by molar-refractivity contribution is 7.98. The van der Waals surface area contributed by atoms with E-state index in [0.717, 1.165) is 11.1 Å². The molecule has 1 atom stereocenters. The Hall–Kier alpha value is -2.34. The number of carbonyl (C=O) groups excluding carboxylic acids is 1. The third-order valence-corrected chi connectivity index (χ3v) is 4.83. The van der Waals surface area contributed by atoms with Crippen LogP contribution in [0.15, 0.2) is 48.5 Å². The normalized spacial score (nSPS) is 11.8. The number of halogens is 1. The maximum absolute atomic E-state index is 13.2. The lowest BCUT2D eigenvalue weighted by Crippen LogP contribution is -2.22. The van der Waals surface area contributed by atoms with E-state index >= 15 is 0 Å². The van der Waals surface area contributed by atoms with Crippen molar-refractivity contribution in [3.05, 3.63) is 65.5 Å². The van der Waals surface area contributed by atoms with Gasteiger partial charge in [-0.15, -0.1) is 0 Å². The molecule has 0 bridgehead atoms. The van der Waals surface area contributed by atoms with Crippen LogP contribution in [0.25, 0.3) is 0 Å². The number of anilines is 1. The summed E-state index contributed by atoms with van der Waals surface area (Å²) in [6.45, 7) is 1.81. The number of carboxylic acid groups (broad SMARTS) is 1. The minimum atomic E-state index is -0.800. The van der Waals surface area contributed by atoms with Crippen molar-refractivity contribution >= 4 is 29.3 Å². The molecular weight excluding hydrogens is 353 g/mol. The Balaban J connectivity index is 1.87. The van der Waals surface area contributed by atoms with Gasteiger partial charge in [-0.05, 0) is 41.8 Å². The van der Waals surface area contributed by atoms with Crippen LogP contribution in [0.1, 0.15) is 24.5 Å². The van der Waals surface area contributed by atoms with E-state index in [1.807, 2.05) is 37.3 Å². The monoisotopic (exact) mass is 375 g/mol. The van der Waals surface area contributed by atoms with Gasteiger partial charge in [0.15, 0.2) is 0 Å². The minimum Gasteiger partial charge on any atom is -0.481 e. The molecule has 2 N–H and O–H groups in total. The standard InChI is InChI=1S/C20H22FNO3S/c1-14(10-15-4-2-6-17(21)11-15)20(25)22-18-7-3-5-16(12-18)13-26-9-8-19(23)24/h2-7,11-12,14H,8-10,13H2,1H3,(H,22,25)(H,23,24). The van der Waals surface area contributed by atoms with Crippen LogP contribution in [0.5, 0.6) is 0 Å². The van der Waals surface area contributed by atoms with Gasteiger partial charge in [-0.1, -0.05) is 31.2 Å². The lowest BCUT2D eigenvalue weighted by atomic mass is 10.00. The first kappa shape index (κ1) is 20.0. The van der Waals surface area contributed by atoms with Gasteiger partial charge in [0.2, 0.25) is 5.91 Å². The predicted molar refractivity (Wildman–Crippen MR) is 103 cm³/mol. The van der Waals surface area contributed by atoms with Gasteiger partial charge >= 0.3 is 5.97 Å². The van der Waals surface area contributed by atoms with E-state index in [-0.39, 0.29) is 24.1 Å². The molecular formula is C20H22FNO3S. The number of hydrogen-bond acceptors (Lipinski definition) is 3. The fourth-order valence-corrected chi connectivity index (χ4v) is 3.34. The topological polar surface area (TPSA) is 66.4 Å². The van der Waals surface area contributed by atoms with Crippen LogP contribution in [0, 0.1) is 11.7 Å². The van der Waals surface area contributed by atoms with Crippen LogP contribution in [-0.2, 0) is 21.8 Å². The molecule has 1 amide bonds. The fourth-order valence-electron chi connectivity index (χ4n) is 2.46. The zero-order valence-corrected chi connectivity index (χ0v) is 15.4. The number of amides is 1. The van der Waals surface area contributed by atoms with Gasteiger partial charge in [-0.3, -0.25) is 9.59 Å². The second kappa shape index (κ2) is 9.97. The molecule has 0 heterocycles. The molecule has 0 spiro atoms. The van der Waals surface area contributed by atoms with E-state index in [4.69, 9.17) is 5.11 Å². The van der Waals surface area contributed by atoms with Crippen molar-refractivity contribution < 1.29 is 19.1 Å². The summed E-state index contributed by atoms with van der Waals surface area (Å²) in [5, 5.41) is 11.5. The van der Waals surface area contributed by atoms with Crippen LogP contribution >= 0.6 is 11.8 Å². The number of nitrogens with one attached hydrogen (secondary N) is 1. The molecule has 0 aliphatic heterocycles. The molecule has 0 aliphatic carbocycles. The number of carbonyl (C=O) groups is 2. The van der Waals surface area contributed by atoms with Gasteiger partial charge in [0.1, 0.15) is 5.82 Å². The molecule has 2 aromatic rings. The molecule has 138 valence electrons. The number of rotatable bonds is 9. The van der Waals surface area contributed by atoms with Gasteiger partial charge in [0.05, 0.1) is 6.42 Å². The Morgan fingerprint density at radius 3 is 2.62 bits per heavy atom. The molecule has 0 saturated heterocycles. The quantitative estimate of drug-likeness (QED) is 0.640. The minimum absolute atomic E-state index is 0.120. The van der Waals surface area contributed by atoms with Gasteiger partial charge in [0.25, 0.3) is 0 Å². The van der Waals surface area contributed by atoms with Gasteiger partial charge in [-0.25, -0.2) is 4.39 Å². The smallest absolute Gasteiger partial charge is 0.304 e. The Bertz CT molecular complexity index is 766. The number of thioether (sulfide) groups is 1. The predicted octanol–water partition coefficient (Wildman–Crippen LogP) is 4.35. The second-order valence-electron chi connectivity index (χ2n) is 6.12. The van der Waals surface area contributed by atoms with Crippen LogP contribution in [-0.4, -0.2) is 22.7 Å². The summed E-state index contributed by atoms with van der Waals surface area (Å²) in [5.41, 5.74) is 2.52. The first-order valence-electron chi connectivity index (χ1n) is 8.38. The largest absolute Gasteiger partial charge is 0.481 e. The SMILES string of the molecule is CC(Cc1cccc(F)c1)C(=O)Nc1cccc(CSCCC(=O)O)c1. The molecule has 0 radical (unpaired) electrons. The van der Waals surface area contributed by atoms with Crippen molar-refractivity contribution in [2.75, 3.05) is 11.1 Å². The molecule has 1 unspecified atom stereocenters. The highest BCUT2D eigenvalue weighted by atomic mass is 32.2. The van der Waals surface area contributed by atoms with Crippen molar-refractivity contribution in [3.63, 3.8) is 0 Å². The van der Waals surface area contributed by atoms with Crippen molar-refractivity contribution in [1.29, 1.82) is 0 Å². The van der Waals surface area contributed by atoms with E-state index in [9.17, 15) is 14.0 Å². The van der Waals surface area contributed by atoms with Crippen molar-refractivity contribution in [3.8, 4) is 0 Å². The molecule has 0 fully saturated rings. The molecule has 0 aliphatic rings. The Labute approximate surface area is 156 Å². The lowest BCUT2D eigenvalue weighted by Gasteiger charge is -2.13. The molecule has 4 nitrogen and oxygen atoms in total. The summed E-state index contributed by atoms with van der Waals surface area (Å²) < 4.78 is 13.2. The fraction of sp³-hybridized carbons (Fsp3) is 0.300. The highest BCUT2D eigenvalue weighted by Gasteiger charge is 2.14. The molecule has 2 rings (SSSR count). The van der Waals surface area contributed by atoms with Gasteiger partial charge < -0.3 is 10.4 Å². The third kappa shape index (κ3) is 6.88. The van der Waals surface area contributed by atoms with E-state index in [1.54, 1.807) is 17.8 Å². The summed E-state index contributed by atoms with van der Waals surface area (Å²) in [6, 6.07) is 13.8. The maximum atomic E-state index is 13.2. The zero-order chi connectivity index (χ0) is 18.9. The lowest BCUT2D eigenvalue weighted by molar-refractivity contribution is -0.136. The van der Waals surface area contributed by atoms with E-state index in [1.165, 1.54) is 12.1 Å². The summed E-state index contributed by atoms with van der Waals surface area (Å²) in [6.07, 6.45) is 0.604. The number of carboxylic acids is 1. The van der Waals surface area contributed by atoms with Crippen LogP contribution in [0.4, 0.5) is 10.1 Å². The summed E-state index contributed by atoms with van der Waals surface area (Å²) in [4.78, 5) is 22.9. The highest BCUT2D eigenvalue weighted by Crippen LogP contribution is 2.18. The van der Waals surface area contributed by atoms with Gasteiger partial charge in [-0.2, -0.15) is 11.8 Å².